The molecule has 0 spiro atoms. The maximum atomic E-state index is 11.8. The summed E-state index contributed by atoms with van der Waals surface area (Å²) in [7, 11) is 0. The van der Waals surface area contributed by atoms with Crippen molar-refractivity contribution in [3.05, 3.63) is 16.1 Å². The van der Waals surface area contributed by atoms with Crippen LogP contribution in [-0.4, -0.2) is 41.0 Å². The van der Waals surface area contributed by atoms with Crippen LogP contribution in [0.25, 0.3) is 0 Å². The molecule has 1 atom stereocenters. The fourth-order valence-electron chi connectivity index (χ4n) is 2.73. The predicted octanol–water partition coefficient (Wildman–Crippen LogP) is 1.52. The molecule has 3 amide bonds. The van der Waals surface area contributed by atoms with E-state index in [1.54, 1.807) is 11.3 Å². The van der Waals surface area contributed by atoms with E-state index >= 15 is 0 Å². The minimum Gasteiger partial charge on any atom is -0.339 e. The van der Waals surface area contributed by atoms with Gasteiger partial charge in [0.1, 0.15) is 5.01 Å². The number of carbonyl (C=O) groups is 2. The summed E-state index contributed by atoms with van der Waals surface area (Å²) in [6.45, 7) is 3.88. The number of nitrogens with one attached hydrogen (secondary N) is 2. The van der Waals surface area contributed by atoms with Gasteiger partial charge in [0.2, 0.25) is 5.91 Å². The van der Waals surface area contributed by atoms with Crippen LogP contribution in [-0.2, 0) is 17.8 Å². The van der Waals surface area contributed by atoms with Gasteiger partial charge in [0.25, 0.3) is 0 Å². The summed E-state index contributed by atoms with van der Waals surface area (Å²) in [6, 6.07) is 0.287. The first kappa shape index (κ1) is 15.3. The molecule has 22 heavy (non-hydrogen) atoms. The molecule has 0 bridgehead atoms. The van der Waals surface area contributed by atoms with Crippen molar-refractivity contribution >= 4 is 23.3 Å². The molecule has 120 valence electrons. The molecule has 1 unspecified atom stereocenters. The standard InChI is InChI=1S/C15H22N4O2S/c1-2-12-7-16-13(22-12)8-18-15(21)17-6-10-5-14(20)19(9-10)11-3-4-11/h7,10-11H,2-6,8-9H2,1H3,(H2,17,18,21). The van der Waals surface area contributed by atoms with Crippen LogP contribution in [0.1, 0.15) is 36.1 Å². The summed E-state index contributed by atoms with van der Waals surface area (Å²) in [6.07, 6.45) is 5.66. The van der Waals surface area contributed by atoms with Crippen LogP contribution < -0.4 is 10.6 Å². The van der Waals surface area contributed by atoms with E-state index < -0.39 is 0 Å². The zero-order valence-corrected chi connectivity index (χ0v) is 13.6. The van der Waals surface area contributed by atoms with E-state index in [0.29, 0.717) is 25.6 Å². The van der Waals surface area contributed by atoms with Gasteiger partial charge in [-0.05, 0) is 19.3 Å². The monoisotopic (exact) mass is 322 g/mol. The maximum absolute atomic E-state index is 11.8. The Morgan fingerprint density at radius 3 is 2.95 bits per heavy atom. The maximum Gasteiger partial charge on any atom is 0.315 e. The smallest absolute Gasteiger partial charge is 0.315 e. The largest absolute Gasteiger partial charge is 0.339 e. The van der Waals surface area contributed by atoms with Crippen LogP contribution >= 0.6 is 11.3 Å². The number of likely N-dealkylation sites (tertiary alicyclic amines) is 1. The average molecular weight is 322 g/mol. The van der Waals surface area contributed by atoms with Gasteiger partial charge in [0.05, 0.1) is 6.54 Å². The van der Waals surface area contributed by atoms with E-state index in [1.165, 1.54) is 4.88 Å². The Labute approximate surface area is 134 Å². The topological polar surface area (TPSA) is 74.3 Å². The number of hydrogen-bond acceptors (Lipinski definition) is 4. The van der Waals surface area contributed by atoms with Gasteiger partial charge in [0.15, 0.2) is 0 Å². The third-order valence-corrected chi connectivity index (χ3v) is 5.27. The lowest BCUT2D eigenvalue weighted by Gasteiger charge is -2.15. The Bertz CT molecular complexity index is 555. The quantitative estimate of drug-likeness (QED) is 0.834. The summed E-state index contributed by atoms with van der Waals surface area (Å²) in [5.74, 6) is 0.481. The van der Waals surface area contributed by atoms with Crippen molar-refractivity contribution < 1.29 is 9.59 Å². The Kier molecular flexibility index (Phi) is 4.61. The van der Waals surface area contributed by atoms with Gasteiger partial charge in [-0.2, -0.15) is 0 Å². The first-order chi connectivity index (χ1) is 10.7. The van der Waals surface area contributed by atoms with Crippen LogP contribution in [0.2, 0.25) is 0 Å². The van der Waals surface area contributed by atoms with Crippen LogP contribution in [0.3, 0.4) is 0 Å². The van der Waals surface area contributed by atoms with Crippen LogP contribution in [0, 0.1) is 5.92 Å². The van der Waals surface area contributed by atoms with Gasteiger partial charge >= 0.3 is 6.03 Å². The molecule has 1 aliphatic heterocycles. The van der Waals surface area contributed by atoms with E-state index in [-0.39, 0.29) is 17.9 Å². The summed E-state index contributed by atoms with van der Waals surface area (Å²) >= 11 is 1.62. The molecule has 1 saturated carbocycles. The molecule has 1 saturated heterocycles. The summed E-state index contributed by atoms with van der Waals surface area (Å²) < 4.78 is 0. The number of amides is 3. The van der Waals surface area contributed by atoms with Crippen molar-refractivity contribution in [3.8, 4) is 0 Å². The number of nitrogens with zero attached hydrogens (tertiary/aromatic N) is 2. The zero-order valence-electron chi connectivity index (χ0n) is 12.8. The predicted molar refractivity (Wildman–Crippen MR) is 84.6 cm³/mol. The number of thiazole rings is 1. The van der Waals surface area contributed by atoms with Crippen molar-refractivity contribution in [1.29, 1.82) is 0 Å². The molecule has 3 rings (SSSR count). The zero-order chi connectivity index (χ0) is 15.5. The highest BCUT2D eigenvalue weighted by Crippen LogP contribution is 2.32. The van der Waals surface area contributed by atoms with Gasteiger partial charge in [-0.3, -0.25) is 4.79 Å². The second-order valence-electron chi connectivity index (χ2n) is 5.98. The average Bonchev–Trinajstić information content (AvgIpc) is 3.13. The SMILES string of the molecule is CCc1cnc(CNC(=O)NCC2CC(=O)N(C3CC3)C2)s1. The van der Waals surface area contributed by atoms with Crippen molar-refractivity contribution in [3.63, 3.8) is 0 Å². The molecular weight excluding hydrogens is 300 g/mol. The Balaban J connectivity index is 1.36. The normalized spacial score (nSPS) is 21.2. The molecule has 0 radical (unpaired) electrons. The van der Waals surface area contributed by atoms with Crippen molar-refractivity contribution in [2.75, 3.05) is 13.1 Å². The third kappa shape index (κ3) is 3.76. The van der Waals surface area contributed by atoms with Gasteiger partial charge in [-0.15, -0.1) is 11.3 Å². The highest BCUT2D eigenvalue weighted by Gasteiger charge is 2.39. The van der Waals surface area contributed by atoms with E-state index in [9.17, 15) is 9.59 Å². The molecule has 1 aliphatic carbocycles. The van der Waals surface area contributed by atoms with Gasteiger partial charge in [-0.25, -0.2) is 9.78 Å². The lowest BCUT2D eigenvalue weighted by Crippen LogP contribution is -2.38. The second-order valence-corrected chi connectivity index (χ2v) is 7.18. The fraction of sp³-hybridized carbons (Fsp3) is 0.667. The molecule has 1 aromatic heterocycles. The van der Waals surface area contributed by atoms with Crippen molar-refractivity contribution in [2.24, 2.45) is 5.92 Å². The summed E-state index contributed by atoms with van der Waals surface area (Å²) in [4.78, 5) is 31.1. The fourth-order valence-corrected chi connectivity index (χ4v) is 3.54. The summed E-state index contributed by atoms with van der Waals surface area (Å²) in [5.41, 5.74) is 0. The molecule has 2 N–H and O–H groups in total. The van der Waals surface area contributed by atoms with Crippen LogP contribution in [0.4, 0.5) is 4.79 Å². The van der Waals surface area contributed by atoms with E-state index in [4.69, 9.17) is 0 Å². The number of carbonyl (C=O) groups excluding carboxylic acids is 2. The minimum absolute atomic E-state index is 0.189. The lowest BCUT2D eigenvalue weighted by molar-refractivity contribution is -0.128. The Morgan fingerprint density at radius 1 is 1.45 bits per heavy atom. The van der Waals surface area contributed by atoms with E-state index in [1.807, 2.05) is 11.1 Å². The second kappa shape index (κ2) is 6.64. The van der Waals surface area contributed by atoms with Crippen LogP contribution in [0.5, 0.6) is 0 Å². The molecule has 2 fully saturated rings. The highest BCUT2D eigenvalue weighted by molar-refractivity contribution is 7.11. The number of aromatic nitrogens is 1. The first-order valence-corrected chi connectivity index (χ1v) is 8.72. The summed E-state index contributed by atoms with van der Waals surface area (Å²) in [5, 5.41) is 6.60. The van der Waals surface area contributed by atoms with Gasteiger partial charge in [-0.1, -0.05) is 6.92 Å². The van der Waals surface area contributed by atoms with Crippen molar-refractivity contribution in [1.82, 2.24) is 20.5 Å². The number of hydrogen-bond donors (Lipinski definition) is 2. The van der Waals surface area contributed by atoms with Gasteiger partial charge in [0, 0.05) is 42.5 Å². The minimum atomic E-state index is -0.189. The molecule has 2 aliphatic rings. The molecular formula is C15H22N4O2S. The van der Waals surface area contributed by atoms with E-state index in [0.717, 1.165) is 30.8 Å². The lowest BCUT2D eigenvalue weighted by atomic mass is 10.1. The number of aryl methyl sites for hydroxylation is 1. The van der Waals surface area contributed by atoms with Gasteiger partial charge < -0.3 is 15.5 Å². The highest BCUT2D eigenvalue weighted by atomic mass is 32.1. The van der Waals surface area contributed by atoms with Crippen LogP contribution in [0.15, 0.2) is 6.20 Å². The number of urea groups is 1. The Morgan fingerprint density at radius 2 is 2.27 bits per heavy atom. The molecule has 0 aromatic carbocycles. The third-order valence-electron chi connectivity index (χ3n) is 4.13. The molecule has 7 heteroatoms. The molecule has 6 nitrogen and oxygen atoms in total. The molecule has 1 aromatic rings. The number of rotatable bonds is 6. The molecule has 2 heterocycles. The Hall–Kier alpha value is -1.63. The van der Waals surface area contributed by atoms with Crippen molar-refractivity contribution in [2.45, 2.75) is 45.2 Å². The first-order valence-electron chi connectivity index (χ1n) is 7.90. The van der Waals surface area contributed by atoms with E-state index in [2.05, 4.69) is 22.5 Å².